The van der Waals surface area contributed by atoms with Crippen molar-refractivity contribution in [1.29, 1.82) is 5.41 Å². The summed E-state index contributed by atoms with van der Waals surface area (Å²) < 4.78 is 0. The van der Waals surface area contributed by atoms with E-state index in [0.29, 0.717) is 13.0 Å². The topological polar surface area (TPSA) is 82.2 Å². The van der Waals surface area contributed by atoms with E-state index >= 15 is 0 Å². The second-order valence-electron chi connectivity index (χ2n) is 2.49. The van der Waals surface area contributed by atoms with Gasteiger partial charge < -0.3 is 5.73 Å². The van der Waals surface area contributed by atoms with Gasteiger partial charge in [-0.25, -0.2) is 0 Å². The average Bonchev–Trinajstić information content (AvgIpc) is 2.03. The Morgan fingerprint density at radius 2 is 2.33 bits per heavy atom. The lowest BCUT2D eigenvalue weighted by Crippen LogP contribution is -2.46. The molecule has 4 N–H and O–H groups in total. The van der Waals surface area contributed by atoms with Crippen molar-refractivity contribution < 1.29 is 4.79 Å². The Bertz CT molecular complexity index is 148. The molecule has 0 saturated heterocycles. The molecular formula is C7H16N4O. The van der Waals surface area contributed by atoms with Gasteiger partial charge >= 0.3 is 0 Å². The normalized spacial score (nSPS) is 9.08. The summed E-state index contributed by atoms with van der Waals surface area (Å²) in [5.74, 6) is -0.127. The predicted octanol–water partition coefficient (Wildman–Crippen LogP) is 0.0331. The van der Waals surface area contributed by atoms with Gasteiger partial charge in [0.2, 0.25) is 12.4 Å². The van der Waals surface area contributed by atoms with Crippen molar-refractivity contribution in [2.45, 2.75) is 26.2 Å². The monoisotopic (exact) mass is 172 g/mol. The molecule has 0 rings (SSSR count). The van der Waals surface area contributed by atoms with Crippen molar-refractivity contribution in [3.63, 3.8) is 0 Å². The Hall–Kier alpha value is -1.26. The second kappa shape index (κ2) is 6.45. The molecule has 0 bridgehead atoms. The van der Waals surface area contributed by atoms with E-state index in [1.165, 1.54) is 5.01 Å². The summed E-state index contributed by atoms with van der Waals surface area (Å²) >= 11 is 0. The van der Waals surface area contributed by atoms with Crippen LogP contribution in [0.15, 0.2) is 0 Å². The van der Waals surface area contributed by atoms with Gasteiger partial charge in [-0.15, -0.1) is 0 Å². The third-order valence-corrected chi connectivity index (χ3v) is 1.48. The lowest BCUT2D eigenvalue weighted by Gasteiger charge is -2.20. The van der Waals surface area contributed by atoms with Gasteiger partial charge in [0, 0.05) is 6.54 Å². The molecule has 0 aromatic heterocycles. The van der Waals surface area contributed by atoms with E-state index in [1.54, 1.807) is 0 Å². The van der Waals surface area contributed by atoms with Gasteiger partial charge in [0.1, 0.15) is 0 Å². The predicted molar refractivity (Wildman–Crippen MR) is 47.3 cm³/mol. The summed E-state index contributed by atoms with van der Waals surface area (Å²) in [7, 11) is 0. The molecule has 0 saturated carbocycles. The van der Waals surface area contributed by atoms with Gasteiger partial charge in [-0.3, -0.25) is 20.6 Å². The lowest BCUT2D eigenvalue weighted by molar-refractivity contribution is -0.112. The van der Waals surface area contributed by atoms with Gasteiger partial charge in [0.15, 0.2) is 0 Å². The van der Waals surface area contributed by atoms with E-state index in [1.807, 2.05) is 0 Å². The van der Waals surface area contributed by atoms with Gasteiger partial charge in [0.05, 0.1) is 0 Å². The van der Waals surface area contributed by atoms with Gasteiger partial charge in [0.25, 0.3) is 0 Å². The van der Waals surface area contributed by atoms with E-state index in [9.17, 15) is 4.79 Å². The van der Waals surface area contributed by atoms with Crippen molar-refractivity contribution in [3.8, 4) is 0 Å². The minimum atomic E-state index is -0.127. The number of nitrogens with one attached hydrogen (secondary N) is 2. The fraction of sp³-hybridized carbons (Fsp3) is 0.714. The van der Waals surface area contributed by atoms with Crippen LogP contribution in [-0.4, -0.2) is 23.9 Å². The molecule has 0 aromatic carbocycles. The van der Waals surface area contributed by atoms with Crippen LogP contribution in [-0.2, 0) is 4.79 Å². The molecule has 12 heavy (non-hydrogen) atoms. The lowest BCUT2D eigenvalue weighted by atomic mass is 10.2. The minimum absolute atomic E-state index is 0.127. The maximum absolute atomic E-state index is 10.0. The molecule has 1 amide bonds. The van der Waals surface area contributed by atoms with Crippen LogP contribution in [0.2, 0.25) is 0 Å². The Morgan fingerprint density at radius 3 is 2.75 bits per heavy atom. The second-order valence-corrected chi connectivity index (χ2v) is 2.49. The van der Waals surface area contributed by atoms with Crippen LogP contribution in [0.3, 0.4) is 0 Å². The van der Waals surface area contributed by atoms with Crippen molar-refractivity contribution >= 4 is 12.4 Å². The number of hydrazine groups is 1. The van der Waals surface area contributed by atoms with Crippen LogP contribution in [0.4, 0.5) is 0 Å². The van der Waals surface area contributed by atoms with E-state index in [4.69, 9.17) is 11.1 Å². The van der Waals surface area contributed by atoms with Crippen LogP contribution < -0.4 is 11.2 Å². The van der Waals surface area contributed by atoms with Crippen molar-refractivity contribution in [1.82, 2.24) is 10.4 Å². The molecule has 0 unspecified atom stereocenters. The fourth-order valence-electron chi connectivity index (χ4n) is 0.838. The first-order valence-corrected chi connectivity index (χ1v) is 4.03. The molecule has 0 aliphatic rings. The summed E-state index contributed by atoms with van der Waals surface area (Å²) in [4.78, 5) is 10.0. The molecule has 0 fully saturated rings. The first-order chi connectivity index (χ1) is 5.72. The number of hydrogen-bond donors (Lipinski definition) is 3. The van der Waals surface area contributed by atoms with Gasteiger partial charge in [-0.05, 0) is 6.42 Å². The number of nitrogens with two attached hydrogens (primary N) is 1. The Balaban J connectivity index is 3.63. The molecular weight excluding hydrogens is 156 g/mol. The van der Waals surface area contributed by atoms with Crippen LogP contribution in [0.1, 0.15) is 26.2 Å². The van der Waals surface area contributed by atoms with Crippen LogP contribution in [0.25, 0.3) is 0 Å². The molecule has 5 nitrogen and oxygen atoms in total. The third kappa shape index (κ3) is 4.54. The first-order valence-electron chi connectivity index (χ1n) is 4.03. The molecule has 0 spiro atoms. The van der Waals surface area contributed by atoms with Gasteiger partial charge in [-0.2, -0.15) is 0 Å². The summed E-state index contributed by atoms with van der Waals surface area (Å²) in [6, 6.07) is 0. The number of guanidine groups is 1. The zero-order chi connectivity index (χ0) is 9.40. The number of nitrogens with zero attached hydrogens (tertiary/aromatic N) is 1. The average molecular weight is 172 g/mol. The SMILES string of the molecule is CCCCCN(NC=O)C(=N)N. The molecule has 0 aliphatic heterocycles. The number of hydrogen-bond acceptors (Lipinski definition) is 2. The number of rotatable bonds is 6. The Labute approximate surface area is 72.4 Å². The Morgan fingerprint density at radius 1 is 1.67 bits per heavy atom. The van der Waals surface area contributed by atoms with E-state index in [-0.39, 0.29) is 5.96 Å². The zero-order valence-electron chi connectivity index (χ0n) is 7.34. The molecule has 5 heteroatoms. The third-order valence-electron chi connectivity index (χ3n) is 1.48. The van der Waals surface area contributed by atoms with Crippen molar-refractivity contribution in [2.24, 2.45) is 5.73 Å². The van der Waals surface area contributed by atoms with Crippen LogP contribution in [0, 0.1) is 5.41 Å². The number of unbranched alkanes of at least 4 members (excludes halogenated alkanes) is 2. The maximum atomic E-state index is 10.0. The standard InChI is InChI=1S/C7H16N4O/c1-2-3-4-5-11(7(8)9)10-6-12/h6H,2-5H2,1H3,(H3,8,9)(H,10,12). The highest BCUT2D eigenvalue weighted by Crippen LogP contribution is 1.94. The molecule has 0 atom stereocenters. The zero-order valence-corrected chi connectivity index (χ0v) is 7.34. The largest absolute Gasteiger partial charge is 0.369 e. The number of carbonyl (C=O) groups excluding carboxylic acids is 1. The maximum Gasteiger partial charge on any atom is 0.225 e. The quantitative estimate of drug-likeness (QED) is 0.174. The molecule has 0 radical (unpaired) electrons. The first kappa shape index (κ1) is 10.7. The van der Waals surface area contributed by atoms with Crippen LogP contribution >= 0.6 is 0 Å². The van der Waals surface area contributed by atoms with Gasteiger partial charge in [-0.1, -0.05) is 19.8 Å². The van der Waals surface area contributed by atoms with E-state index < -0.39 is 0 Å². The van der Waals surface area contributed by atoms with Crippen molar-refractivity contribution in [2.75, 3.05) is 6.54 Å². The van der Waals surface area contributed by atoms with E-state index in [0.717, 1.165) is 19.3 Å². The van der Waals surface area contributed by atoms with E-state index in [2.05, 4.69) is 12.3 Å². The highest BCUT2D eigenvalue weighted by atomic mass is 16.1. The molecule has 0 heterocycles. The molecule has 0 aromatic rings. The smallest absolute Gasteiger partial charge is 0.225 e. The summed E-state index contributed by atoms with van der Waals surface area (Å²) in [6.45, 7) is 2.69. The number of amides is 1. The Kier molecular flexibility index (Phi) is 5.77. The van der Waals surface area contributed by atoms with Crippen molar-refractivity contribution in [3.05, 3.63) is 0 Å². The molecule has 0 aliphatic carbocycles. The summed E-state index contributed by atoms with van der Waals surface area (Å²) in [5.41, 5.74) is 7.54. The highest BCUT2D eigenvalue weighted by molar-refractivity contribution is 5.75. The highest BCUT2D eigenvalue weighted by Gasteiger charge is 2.02. The summed E-state index contributed by atoms with van der Waals surface area (Å²) in [5, 5.41) is 8.39. The van der Waals surface area contributed by atoms with Crippen LogP contribution in [0.5, 0.6) is 0 Å². The molecule has 70 valence electrons. The summed E-state index contributed by atoms with van der Waals surface area (Å²) in [6.07, 6.45) is 3.63. The number of carbonyl (C=O) groups is 1. The minimum Gasteiger partial charge on any atom is -0.369 e. The fourth-order valence-corrected chi connectivity index (χ4v) is 0.838.